The van der Waals surface area contributed by atoms with E-state index in [4.69, 9.17) is 0 Å². The highest BCUT2D eigenvalue weighted by molar-refractivity contribution is 7.89. The van der Waals surface area contributed by atoms with E-state index < -0.39 is 26.6 Å². The summed E-state index contributed by atoms with van der Waals surface area (Å²) in [5.74, 6) is 0.241. The lowest BCUT2D eigenvalue weighted by Crippen LogP contribution is -2.49. The topological polar surface area (TPSA) is 83.7 Å². The number of nitrogens with zero attached hydrogens (tertiary/aromatic N) is 6. The molecule has 1 aromatic carbocycles. The van der Waals surface area contributed by atoms with E-state index in [1.807, 2.05) is 15.5 Å². The molecule has 29 heavy (non-hydrogen) atoms. The normalized spacial score (nSPS) is 18.5. The molecule has 2 aliphatic rings. The summed E-state index contributed by atoms with van der Waals surface area (Å²) in [5, 5.41) is 8.56. The Morgan fingerprint density at radius 1 is 1.03 bits per heavy atom. The largest absolute Gasteiger partial charge is 0.351 e. The van der Waals surface area contributed by atoms with Gasteiger partial charge in [0, 0.05) is 44.5 Å². The molecule has 0 amide bonds. The molecule has 0 unspecified atom stereocenters. The molecule has 1 aliphatic carbocycles. The van der Waals surface area contributed by atoms with Crippen LogP contribution in [0.1, 0.15) is 24.6 Å². The number of sulfonamides is 1. The van der Waals surface area contributed by atoms with Gasteiger partial charge < -0.3 is 4.90 Å². The zero-order valence-electron chi connectivity index (χ0n) is 15.4. The Morgan fingerprint density at radius 2 is 1.79 bits per heavy atom. The maximum absolute atomic E-state index is 14.0. The monoisotopic (exact) mass is 420 g/mol. The molecule has 11 heteroatoms. The lowest BCUT2D eigenvalue weighted by atomic mass is 10.3. The molecule has 1 aliphatic heterocycles. The van der Waals surface area contributed by atoms with Crippen LogP contribution in [0.2, 0.25) is 0 Å². The number of benzene rings is 1. The van der Waals surface area contributed by atoms with Crippen LogP contribution in [0.5, 0.6) is 0 Å². The molecule has 3 heterocycles. The summed E-state index contributed by atoms with van der Waals surface area (Å²) in [6.07, 6.45) is 5.72. The Morgan fingerprint density at radius 3 is 2.52 bits per heavy atom. The first-order valence-electron chi connectivity index (χ1n) is 9.35. The average Bonchev–Trinajstić information content (AvgIpc) is 3.48. The number of piperazine rings is 1. The maximum atomic E-state index is 14.0. The van der Waals surface area contributed by atoms with Gasteiger partial charge in [-0.2, -0.15) is 4.31 Å². The van der Waals surface area contributed by atoms with Crippen LogP contribution in [0.4, 0.5) is 14.6 Å². The lowest BCUT2D eigenvalue weighted by molar-refractivity contribution is 0.381. The third-order valence-corrected chi connectivity index (χ3v) is 7.24. The fraction of sp³-hybridized carbons (Fsp3) is 0.389. The molecule has 0 radical (unpaired) electrons. The molecule has 1 saturated heterocycles. The number of anilines is 1. The van der Waals surface area contributed by atoms with Crippen molar-refractivity contribution >= 4 is 21.5 Å². The molecule has 3 aromatic rings. The quantitative estimate of drug-likeness (QED) is 0.640. The molecule has 2 fully saturated rings. The second kappa shape index (κ2) is 6.70. The lowest BCUT2D eigenvalue weighted by Gasteiger charge is -2.34. The van der Waals surface area contributed by atoms with Gasteiger partial charge >= 0.3 is 0 Å². The molecule has 0 spiro atoms. The van der Waals surface area contributed by atoms with Crippen LogP contribution in [0.25, 0.3) is 5.65 Å². The van der Waals surface area contributed by atoms with E-state index in [-0.39, 0.29) is 13.1 Å². The number of rotatable bonds is 4. The predicted molar refractivity (Wildman–Crippen MR) is 100 cm³/mol. The van der Waals surface area contributed by atoms with Gasteiger partial charge in [-0.1, -0.05) is 0 Å². The van der Waals surface area contributed by atoms with Crippen molar-refractivity contribution in [2.24, 2.45) is 0 Å². The molecular weight excluding hydrogens is 402 g/mol. The second-order valence-electron chi connectivity index (χ2n) is 7.24. The Labute approximate surface area is 165 Å². The minimum atomic E-state index is -4.12. The first kappa shape index (κ1) is 18.4. The van der Waals surface area contributed by atoms with E-state index in [9.17, 15) is 17.2 Å². The van der Waals surface area contributed by atoms with E-state index in [1.165, 1.54) is 4.31 Å². The predicted octanol–water partition coefficient (Wildman–Crippen LogP) is 1.79. The Kier molecular flexibility index (Phi) is 4.24. The van der Waals surface area contributed by atoms with Gasteiger partial charge in [0.2, 0.25) is 15.7 Å². The smallest absolute Gasteiger partial charge is 0.246 e. The zero-order chi connectivity index (χ0) is 20.2. The van der Waals surface area contributed by atoms with Gasteiger partial charge in [-0.05, 0) is 31.0 Å². The number of aromatic nitrogens is 4. The Balaban J connectivity index is 1.38. The van der Waals surface area contributed by atoms with E-state index in [0.29, 0.717) is 30.5 Å². The van der Waals surface area contributed by atoms with Gasteiger partial charge in [0.05, 0.1) is 0 Å². The third kappa shape index (κ3) is 3.14. The van der Waals surface area contributed by atoms with Crippen LogP contribution < -0.4 is 4.90 Å². The number of fused-ring (bicyclic) bond motifs is 1. The van der Waals surface area contributed by atoms with Crippen LogP contribution in [0.15, 0.2) is 35.5 Å². The van der Waals surface area contributed by atoms with Crippen molar-refractivity contribution < 1.29 is 17.2 Å². The van der Waals surface area contributed by atoms with Gasteiger partial charge in [-0.15, -0.1) is 10.2 Å². The second-order valence-corrected chi connectivity index (χ2v) is 9.15. The summed E-state index contributed by atoms with van der Waals surface area (Å²) < 4.78 is 56.1. The van der Waals surface area contributed by atoms with Crippen molar-refractivity contribution in [2.75, 3.05) is 31.1 Å². The summed E-state index contributed by atoms with van der Waals surface area (Å²) in [7, 11) is -4.12. The minimum absolute atomic E-state index is 0.130. The highest BCUT2D eigenvalue weighted by atomic mass is 32.2. The molecule has 0 bridgehead atoms. The first-order chi connectivity index (χ1) is 13.9. The molecule has 2 aromatic heterocycles. The van der Waals surface area contributed by atoms with Crippen molar-refractivity contribution in [3.63, 3.8) is 0 Å². The fourth-order valence-electron chi connectivity index (χ4n) is 3.63. The van der Waals surface area contributed by atoms with Crippen LogP contribution >= 0.6 is 0 Å². The summed E-state index contributed by atoms with van der Waals surface area (Å²) in [6, 6.07) is 2.44. The van der Waals surface area contributed by atoms with Gasteiger partial charge in [0.15, 0.2) is 5.82 Å². The SMILES string of the molecule is O=S(=O)(c1cc(F)ccc1F)N1CCN(c2nccn3c(C4CC4)nnc23)CC1. The van der Waals surface area contributed by atoms with Crippen molar-refractivity contribution in [3.8, 4) is 0 Å². The molecular formula is C18H18F2N6O2S. The minimum Gasteiger partial charge on any atom is -0.351 e. The highest BCUT2D eigenvalue weighted by Gasteiger charge is 2.33. The highest BCUT2D eigenvalue weighted by Crippen LogP contribution is 2.39. The van der Waals surface area contributed by atoms with E-state index in [0.717, 1.165) is 36.9 Å². The summed E-state index contributed by atoms with van der Waals surface area (Å²) >= 11 is 0. The van der Waals surface area contributed by atoms with E-state index in [2.05, 4.69) is 15.2 Å². The van der Waals surface area contributed by atoms with Crippen molar-refractivity contribution in [2.45, 2.75) is 23.7 Å². The fourth-order valence-corrected chi connectivity index (χ4v) is 5.13. The number of hydrogen-bond donors (Lipinski definition) is 0. The van der Waals surface area contributed by atoms with Crippen LogP contribution in [-0.4, -0.2) is 58.5 Å². The number of hydrogen-bond acceptors (Lipinski definition) is 6. The molecule has 0 N–H and O–H groups in total. The molecule has 152 valence electrons. The number of halogens is 2. The molecule has 5 rings (SSSR count). The summed E-state index contributed by atoms with van der Waals surface area (Å²) in [5.41, 5.74) is 0.641. The van der Waals surface area contributed by atoms with Gasteiger partial charge in [0.25, 0.3) is 0 Å². The average molecular weight is 420 g/mol. The Hall–Kier alpha value is -2.66. The first-order valence-corrected chi connectivity index (χ1v) is 10.8. The van der Waals surface area contributed by atoms with Crippen LogP contribution in [0, 0.1) is 11.6 Å². The van der Waals surface area contributed by atoms with Crippen molar-refractivity contribution in [1.82, 2.24) is 23.9 Å². The van der Waals surface area contributed by atoms with Gasteiger partial charge in [-0.25, -0.2) is 22.2 Å². The van der Waals surface area contributed by atoms with Gasteiger partial charge in [-0.3, -0.25) is 4.40 Å². The standard InChI is InChI=1S/C18H18F2N6O2S/c19-13-3-4-14(20)15(11-13)29(27,28)25-9-7-24(8-10-25)17-18-23-22-16(12-1-2-12)26(18)6-5-21-17/h3-6,11-12H,1-2,7-10H2. The zero-order valence-corrected chi connectivity index (χ0v) is 16.2. The van der Waals surface area contributed by atoms with Gasteiger partial charge in [0.1, 0.15) is 22.4 Å². The summed E-state index contributed by atoms with van der Waals surface area (Å²) in [4.78, 5) is 5.72. The maximum Gasteiger partial charge on any atom is 0.246 e. The molecule has 8 nitrogen and oxygen atoms in total. The molecule has 1 saturated carbocycles. The molecule has 0 atom stereocenters. The third-order valence-electron chi connectivity index (χ3n) is 5.33. The van der Waals surface area contributed by atoms with Crippen LogP contribution in [-0.2, 0) is 10.0 Å². The van der Waals surface area contributed by atoms with Crippen molar-refractivity contribution in [3.05, 3.63) is 48.1 Å². The van der Waals surface area contributed by atoms with E-state index in [1.54, 1.807) is 6.20 Å². The van der Waals surface area contributed by atoms with Crippen molar-refractivity contribution in [1.29, 1.82) is 0 Å². The summed E-state index contributed by atoms with van der Waals surface area (Å²) in [6.45, 7) is 0.970. The van der Waals surface area contributed by atoms with E-state index >= 15 is 0 Å². The van der Waals surface area contributed by atoms with Crippen LogP contribution in [0.3, 0.4) is 0 Å². The Bertz CT molecular complexity index is 1190.